The lowest BCUT2D eigenvalue weighted by molar-refractivity contribution is 0.322. The minimum atomic E-state index is -0.0980. The summed E-state index contributed by atoms with van der Waals surface area (Å²) >= 11 is 0. The molecule has 1 saturated heterocycles. The van der Waals surface area contributed by atoms with Gasteiger partial charge in [-0.3, -0.25) is 0 Å². The van der Waals surface area contributed by atoms with E-state index in [-0.39, 0.29) is 5.82 Å². The molecule has 1 aliphatic rings. The van der Waals surface area contributed by atoms with Gasteiger partial charge >= 0.3 is 0 Å². The second-order valence-corrected chi connectivity index (χ2v) is 5.04. The van der Waals surface area contributed by atoms with Gasteiger partial charge in [0.2, 0.25) is 0 Å². The van der Waals surface area contributed by atoms with Crippen molar-refractivity contribution < 1.29 is 4.39 Å². The molecule has 0 radical (unpaired) electrons. The van der Waals surface area contributed by atoms with Crippen LogP contribution in [0.1, 0.15) is 30.9 Å². The molecule has 1 heterocycles. The Balaban J connectivity index is 1.96. The van der Waals surface area contributed by atoms with E-state index < -0.39 is 0 Å². The normalized spacial score (nSPS) is 25.7. The van der Waals surface area contributed by atoms with Crippen molar-refractivity contribution in [2.24, 2.45) is 5.92 Å². The molecule has 1 aromatic carbocycles. The molecule has 0 spiro atoms. The SMILES string of the molecule is Cc1cc(CC2CCC(C)NC2)ccc1F. The number of halogens is 1. The van der Waals surface area contributed by atoms with Crippen LogP contribution < -0.4 is 5.32 Å². The maximum Gasteiger partial charge on any atom is 0.126 e. The van der Waals surface area contributed by atoms with E-state index in [0.29, 0.717) is 12.0 Å². The van der Waals surface area contributed by atoms with Crippen LogP contribution in [0.4, 0.5) is 4.39 Å². The fourth-order valence-electron chi connectivity index (χ4n) is 2.40. The summed E-state index contributed by atoms with van der Waals surface area (Å²) in [5.41, 5.74) is 2.02. The van der Waals surface area contributed by atoms with Crippen molar-refractivity contribution in [1.82, 2.24) is 5.32 Å². The number of hydrogen-bond acceptors (Lipinski definition) is 1. The van der Waals surface area contributed by atoms with Crippen LogP contribution in [0, 0.1) is 18.7 Å². The quantitative estimate of drug-likeness (QED) is 0.809. The van der Waals surface area contributed by atoms with E-state index in [9.17, 15) is 4.39 Å². The summed E-state index contributed by atoms with van der Waals surface area (Å²) in [6.07, 6.45) is 3.61. The summed E-state index contributed by atoms with van der Waals surface area (Å²) in [6, 6.07) is 6.14. The first-order valence-electron chi connectivity index (χ1n) is 6.13. The van der Waals surface area contributed by atoms with Gasteiger partial charge in [-0.1, -0.05) is 12.1 Å². The Morgan fingerprint density at radius 3 is 2.81 bits per heavy atom. The summed E-state index contributed by atoms with van der Waals surface area (Å²) in [6.45, 7) is 5.16. The van der Waals surface area contributed by atoms with Crippen LogP contribution in [0.3, 0.4) is 0 Å². The highest BCUT2D eigenvalue weighted by molar-refractivity contribution is 5.24. The average Bonchev–Trinajstić information content (AvgIpc) is 2.27. The Morgan fingerprint density at radius 1 is 1.38 bits per heavy atom. The predicted octanol–water partition coefficient (Wildman–Crippen LogP) is 3.06. The topological polar surface area (TPSA) is 12.0 Å². The number of benzene rings is 1. The second-order valence-electron chi connectivity index (χ2n) is 5.04. The molecule has 2 heteroatoms. The lowest BCUT2D eigenvalue weighted by Gasteiger charge is -2.27. The molecule has 2 unspecified atom stereocenters. The van der Waals surface area contributed by atoms with Gasteiger partial charge in [0.15, 0.2) is 0 Å². The lowest BCUT2D eigenvalue weighted by atomic mass is 9.89. The highest BCUT2D eigenvalue weighted by Crippen LogP contribution is 2.20. The molecule has 0 aliphatic carbocycles. The van der Waals surface area contributed by atoms with Gasteiger partial charge in [0.1, 0.15) is 5.82 Å². The van der Waals surface area contributed by atoms with Crippen LogP contribution in [0.2, 0.25) is 0 Å². The maximum absolute atomic E-state index is 13.1. The molecule has 0 amide bonds. The maximum atomic E-state index is 13.1. The summed E-state index contributed by atoms with van der Waals surface area (Å²) in [4.78, 5) is 0. The molecule has 1 nitrogen and oxygen atoms in total. The highest BCUT2D eigenvalue weighted by atomic mass is 19.1. The van der Waals surface area contributed by atoms with Gasteiger partial charge in [-0.15, -0.1) is 0 Å². The van der Waals surface area contributed by atoms with Gasteiger partial charge in [0.25, 0.3) is 0 Å². The number of aryl methyl sites for hydroxylation is 1. The standard InChI is InChI=1S/C14H20FN/c1-10-7-12(5-6-14(10)15)8-13-4-3-11(2)16-9-13/h5-7,11,13,16H,3-4,8-9H2,1-2H3. The Bertz CT molecular complexity index is 354. The molecular weight excluding hydrogens is 201 g/mol. The monoisotopic (exact) mass is 221 g/mol. The third kappa shape index (κ3) is 2.82. The summed E-state index contributed by atoms with van der Waals surface area (Å²) in [5, 5.41) is 3.50. The zero-order valence-corrected chi connectivity index (χ0v) is 10.1. The summed E-state index contributed by atoms with van der Waals surface area (Å²) in [7, 11) is 0. The average molecular weight is 221 g/mol. The van der Waals surface area contributed by atoms with Crippen molar-refractivity contribution in [3.63, 3.8) is 0 Å². The molecule has 0 aromatic heterocycles. The van der Waals surface area contributed by atoms with Crippen LogP contribution in [-0.4, -0.2) is 12.6 Å². The Hall–Kier alpha value is -0.890. The largest absolute Gasteiger partial charge is 0.314 e. The molecular formula is C14H20FN. The van der Waals surface area contributed by atoms with E-state index in [2.05, 4.69) is 12.2 Å². The van der Waals surface area contributed by atoms with Crippen molar-refractivity contribution in [3.05, 3.63) is 35.1 Å². The number of rotatable bonds is 2. The Morgan fingerprint density at radius 2 is 2.19 bits per heavy atom. The number of hydrogen-bond donors (Lipinski definition) is 1. The van der Waals surface area contributed by atoms with Gasteiger partial charge < -0.3 is 5.32 Å². The van der Waals surface area contributed by atoms with E-state index in [4.69, 9.17) is 0 Å². The van der Waals surface area contributed by atoms with Crippen molar-refractivity contribution in [3.8, 4) is 0 Å². The second kappa shape index (κ2) is 4.96. The predicted molar refractivity (Wildman–Crippen MR) is 65.0 cm³/mol. The van der Waals surface area contributed by atoms with E-state index in [1.165, 1.54) is 18.4 Å². The van der Waals surface area contributed by atoms with Crippen LogP contribution in [-0.2, 0) is 6.42 Å². The van der Waals surface area contributed by atoms with Crippen molar-refractivity contribution in [1.29, 1.82) is 0 Å². The molecule has 0 bridgehead atoms. The van der Waals surface area contributed by atoms with Crippen LogP contribution in [0.15, 0.2) is 18.2 Å². The molecule has 2 atom stereocenters. The third-order valence-corrected chi connectivity index (χ3v) is 3.51. The number of piperidine rings is 1. The Labute approximate surface area is 97.1 Å². The van der Waals surface area contributed by atoms with Gasteiger partial charge in [-0.2, -0.15) is 0 Å². The minimum absolute atomic E-state index is 0.0980. The number of nitrogens with one attached hydrogen (secondary N) is 1. The van der Waals surface area contributed by atoms with Gasteiger partial charge in [-0.05, 0) is 62.8 Å². The first kappa shape index (κ1) is 11.6. The van der Waals surface area contributed by atoms with Crippen LogP contribution in [0.5, 0.6) is 0 Å². The molecule has 2 rings (SSSR count). The van der Waals surface area contributed by atoms with E-state index in [1.807, 2.05) is 19.1 Å². The highest BCUT2D eigenvalue weighted by Gasteiger charge is 2.17. The zero-order valence-electron chi connectivity index (χ0n) is 10.1. The van der Waals surface area contributed by atoms with Crippen molar-refractivity contribution >= 4 is 0 Å². The first-order valence-corrected chi connectivity index (χ1v) is 6.13. The first-order chi connectivity index (χ1) is 7.65. The third-order valence-electron chi connectivity index (χ3n) is 3.51. The van der Waals surface area contributed by atoms with E-state index in [1.54, 1.807) is 6.07 Å². The molecule has 1 aliphatic heterocycles. The lowest BCUT2D eigenvalue weighted by Crippen LogP contribution is -2.37. The molecule has 0 saturated carbocycles. The van der Waals surface area contributed by atoms with Crippen molar-refractivity contribution in [2.45, 2.75) is 39.2 Å². The minimum Gasteiger partial charge on any atom is -0.314 e. The molecule has 1 aromatic rings. The molecule has 16 heavy (non-hydrogen) atoms. The molecule has 88 valence electrons. The fourth-order valence-corrected chi connectivity index (χ4v) is 2.40. The summed E-state index contributed by atoms with van der Waals surface area (Å²) in [5.74, 6) is 0.611. The molecule has 1 N–H and O–H groups in total. The summed E-state index contributed by atoms with van der Waals surface area (Å²) < 4.78 is 13.1. The zero-order chi connectivity index (χ0) is 11.5. The van der Waals surface area contributed by atoms with Gasteiger partial charge in [0, 0.05) is 6.04 Å². The Kier molecular flexibility index (Phi) is 3.59. The van der Waals surface area contributed by atoms with Crippen molar-refractivity contribution in [2.75, 3.05) is 6.54 Å². The van der Waals surface area contributed by atoms with Crippen LogP contribution in [0.25, 0.3) is 0 Å². The van der Waals surface area contributed by atoms with E-state index in [0.717, 1.165) is 18.5 Å². The van der Waals surface area contributed by atoms with Crippen LogP contribution >= 0.6 is 0 Å². The van der Waals surface area contributed by atoms with E-state index >= 15 is 0 Å². The van der Waals surface area contributed by atoms with Gasteiger partial charge in [-0.25, -0.2) is 4.39 Å². The smallest absolute Gasteiger partial charge is 0.126 e. The fraction of sp³-hybridized carbons (Fsp3) is 0.571. The van der Waals surface area contributed by atoms with Gasteiger partial charge in [0.05, 0.1) is 0 Å². The molecule has 1 fully saturated rings.